The molecule has 0 saturated heterocycles. The van der Waals surface area contributed by atoms with Crippen molar-refractivity contribution in [2.45, 2.75) is 6.54 Å². The number of pyridine rings is 1. The SMILES string of the molecule is COc1ccccc1NC(=NCc1ccccn1)NC(=O)c1ccc(Cl)cc1. The molecule has 0 aliphatic heterocycles. The number of nitrogens with one attached hydrogen (secondary N) is 2. The first-order valence-electron chi connectivity index (χ1n) is 8.57. The van der Waals surface area contributed by atoms with Crippen LogP contribution in [0.5, 0.6) is 5.75 Å². The number of hydrogen-bond acceptors (Lipinski definition) is 4. The Labute approximate surface area is 168 Å². The smallest absolute Gasteiger partial charge is 0.257 e. The maximum atomic E-state index is 12.6. The van der Waals surface area contributed by atoms with E-state index in [4.69, 9.17) is 16.3 Å². The zero-order chi connectivity index (χ0) is 19.8. The van der Waals surface area contributed by atoms with Crippen LogP contribution in [0.25, 0.3) is 0 Å². The molecule has 2 N–H and O–H groups in total. The van der Waals surface area contributed by atoms with E-state index >= 15 is 0 Å². The lowest BCUT2D eigenvalue weighted by atomic mass is 10.2. The molecule has 1 amide bonds. The molecular weight excluding hydrogens is 376 g/mol. The van der Waals surface area contributed by atoms with Crippen LogP contribution in [0.15, 0.2) is 77.9 Å². The third-order valence-electron chi connectivity index (χ3n) is 3.82. The maximum Gasteiger partial charge on any atom is 0.257 e. The van der Waals surface area contributed by atoms with Crippen LogP contribution in [0.2, 0.25) is 5.02 Å². The van der Waals surface area contributed by atoms with Crippen LogP contribution < -0.4 is 15.4 Å². The molecule has 0 bridgehead atoms. The van der Waals surface area contributed by atoms with Gasteiger partial charge in [-0.05, 0) is 48.5 Å². The molecule has 0 aliphatic rings. The van der Waals surface area contributed by atoms with Crippen molar-refractivity contribution in [2.24, 2.45) is 4.99 Å². The molecule has 0 atom stereocenters. The summed E-state index contributed by atoms with van der Waals surface area (Å²) in [5.41, 5.74) is 1.93. The Morgan fingerprint density at radius 2 is 1.82 bits per heavy atom. The number of aliphatic imine (C=N–C) groups is 1. The van der Waals surface area contributed by atoms with E-state index in [0.29, 0.717) is 28.6 Å². The van der Waals surface area contributed by atoms with Gasteiger partial charge in [0.2, 0.25) is 5.96 Å². The standard InChI is InChI=1S/C21H19ClN4O2/c1-28-19-8-3-2-7-18(19)25-21(24-14-17-6-4-5-13-23-17)26-20(27)15-9-11-16(22)12-10-15/h2-13H,14H2,1H3,(H2,24,25,26,27). The number of carbonyl (C=O) groups is 1. The van der Waals surface area contributed by atoms with Crippen LogP contribution in [0.4, 0.5) is 5.69 Å². The van der Waals surface area contributed by atoms with Crippen molar-refractivity contribution in [1.82, 2.24) is 10.3 Å². The number of nitrogens with zero attached hydrogens (tertiary/aromatic N) is 2. The molecule has 7 heteroatoms. The normalized spacial score (nSPS) is 11.0. The van der Waals surface area contributed by atoms with E-state index < -0.39 is 0 Å². The van der Waals surface area contributed by atoms with E-state index in [1.807, 2.05) is 42.5 Å². The topological polar surface area (TPSA) is 75.6 Å². The largest absolute Gasteiger partial charge is 0.495 e. The molecule has 3 rings (SSSR count). The molecule has 1 aromatic heterocycles. The van der Waals surface area contributed by atoms with Gasteiger partial charge in [-0.15, -0.1) is 0 Å². The quantitative estimate of drug-likeness (QED) is 0.503. The lowest BCUT2D eigenvalue weighted by molar-refractivity contribution is 0.0977. The van der Waals surface area contributed by atoms with Crippen molar-refractivity contribution in [2.75, 3.05) is 12.4 Å². The number of para-hydroxylation sites is 2. The molecular formula is C21H19ClN4O2. The highest BCUT2D eigenvalue weighted by Gasteiger charge is 2.11. The highest BCUT2D eigenvalue weighted by molar-refractivity contribution is 6.30. The summed E-state index contributed by atoms with van der Waals surface area (Å²) in [5, 5.41) is 6.48. The molecule has 0 saturated carbocycles. The van der Waals surface area contributed by atoms with Crippen LogP contribution >= 0.6 is 11.6 Å². The van der Waals surface area contributed by atoms with Crippen molar-refractivity contribution in [3.05, 3.63) is 89.2 Å². The third-order valence-corrected chi connectivity index (χ3v) is 4.08. The molecule has 0 radical (unpaired) electrons. The number of aromatic nitrogens is 1. The van der Waals surface area contributed by atoms with Crippen molar-refractivity contribution < 1.29 is 9.53 Å². The number of rotatable bonds is 5. The summed E-state index contributed by atoms with van der Waals surface area (Å²) in [6.07, 6.45) is 1.70. The van der Waals surface area contributed by atoms with E-state index in [1.54, 1.807) is 37.6 Å². The average Bonchev–Trinajstić information content (AvgIpc) is 2.73. The fraction of sp³-hybridized carbons (Fsp3) is 0.0952. The fourth-order valence-corrected chi connectivity index (χ4v) is 2.54. The van der Waals surface area contributed by atoms with E-state index in [0.717, 1.165) is 5.69 Å². The summed E-state index contributed by atoms with van der Waals surface area (Å²) in [7, 11) is 1.58. The van der Waals surface area contributed by atoms with Crippen molar-refractivity contribution in [3.8, 4) is 5.75 Å². The number of amides is 1. The molecule has 28 heavy (non-hydrogen) atoms. The summed E-state index contributed by atoms with van der Waals surface area (Å²) in [6, 6.07) is 19.6. The predicted octanol–water partition coefficient (Wildman–Crippen LogP) is 4.14. The molecule has 0 spiro atoms. The van der Waals surface area contributed by atoms with Gasteiger partial charge in [0.15, 0.2) is 0 Å². The zero-order valence-corrected chi connectivity index (χ0v) is 16.0. The molecule has 2 aromatic carbocycles. The summed E-state index contributed by atoms with van der Waals surface area (Å²) >= 11 is 5.89. The second kappa shape index (κ2) is 9.53. The molecule has 6 nitrogen and oxygen atoms in total. The van der Waals surface area contributed by atoms with Gasteiger partial charge in [-0.25, -0.2) is 4.99 Å². The molecule has 0 aliphatic carbocycles. The Morgan fingerprint density at radius 1 is 1.07 bits per heavy atom. The van der Waals surface area contributed by atoms with E-state index in [1.165, 1.54) is 0 Å². The number of anilines is 1. The Bertz CT molecular complexity index is 960. The minimum absolute atomic E-state index is 0.287. The van der Waals surface area contributed by atoms with Crippen molar-refractivity contribution >= 4 is 29.2 Å². The number of benzene rings is 2. The van der Waals surface area contributed by atoms with E-state index in [2.05, 4.69) is 20.6 Å². The van der Waals surface area contributed by atoms with Gasteiger partial charge in [0.1, 0.15) is 5.75 Å². The highest BCUT2D eigenvalue weighted by Crippen LogP contribution is 2.23. The second-order valence-electron chi connectivity index (χ2n) is 5.77. The van der Waals surface area contributed by atoms with Gasteiger partial charge in [0.05, 0.1) is 25.0 Å². The number of carbonyl (C=O) groups excluding carboxylic acids is 1. The first kappa shape index (κ1) is 19.4. The first-order chi connectivity index (χ1) is 13.7. The van der Waals surface area contributed by atoms with Gasteiger partial charge in [0.25, 0.3) is 5.91 Å². The minimum Gasteiger partial charge on any atom is -0.495 e. The van der Waals surface area contributed by atoms with E-state index in [-0.39, 0.29) is 11.9 Å². The van der Waals surface area contributed by atoms with E-state index in [9.17, 15) is 4.79 Å². The Morgan fingerprint density at radius 3 is 2.54 bits per heavy atom. The monoisotopic (exact) mass is 394 g/mol. The van der Waals surface area contributed by atoms with Crippen LogP contribution in [-0.2, 0) is 6.54 Å². The van der Waals surface area contributed by atoms with Gasteiger partial charge in [0, 0.05) is 16.8 Å². The number of guanidine groups is 1. The zero-order valence-electron chi connectivity index (χ0n) is 15.2. The molecule has 0 unspecified atom stereocenters. The van der Waals surface area contributed by atoms with Crippen LogP contribution in [0.1, 0.15) is 16.1 Å². The minimum atomic E-state index is -0.307. The van der Waals surface area contributed by atoms with Gasteiger partial charge in [-0.1, -0.05) is 29.8 Å². The van der Waals surface area contributed by atoms with Crippen LogP contribution in [0, 0.1) is 0 Å². The fourth-order valence-electron chi connectivity index (χ4n) is 2.42. The Balaban J connectivity index is 1.83. The molecule has 142 valence electrons. The average molecular weight is 395 g/mol. The number of hydrogen-bond donors (Lipinski definition) is 2. The Hall–Kier alpha value is -3.38. The van der Waals surface area contributed by atoms with Crippen molar-refractivity contribution in [1.29, 1.82) is 0 Å². The summed E-state index contributed by atoms with van der Waals surface area (Å²) in [6.45, 7) is 0.305. The first-order valence-corrected chi connectivity index (χ1v) is 8.95. The second-order valence-corrected chi connectivity index (χ2v) is 6.21. The van der Waals surface area contributed by atoms with Crippen molar-refractivity contribution in [3.63, 3.8) is 0 Å². The Kier molecular flexibility index (Phi) is 6.59. The number of halogens is 1. The van der Waals surface area contributed by atoms with Crippen LogP contribution in [-0.4, -0.2) is 24.0 Å². The summed E-state index contributed by atoms with van der Waals surface area (Å²) in [5.74, 6) is 0.614. The lowest BCUT2D eigenvalue weighted by Crippen LogP contribution is -2.36. The lowest BCUT2D eigenvalue weighted by Gasteiger charge is -2.14. The number of ether oxygens (including phenoxy) is 1. The van der Waals surface area contributed by atoms with Gasteiger partial charge >= 0.3 is 0 Å². The highest BCUT2D eigenvalue weighted by atomic mass is 35.5. The van der Waals surface area contributed by atoms with Gasteiger partial charge < -0.3 is 10.1 Å². The molecule has 1 heterocycles. The predicted molar refractivity (Wildman–Crippen MR) is 111 cm³/mol. The van der Waals surface area contributed by atoms with Gasteiger partial charge in [-0.2, -0.15) is 0 Å². The summed E-state index contributed by atoms with van der Waals surface area (Å²) < 4.78 is 5.35. The summed E-state index contributed by atoms with van der Waals surface area (Å²) in [4.78, 5) is 21.3. The molecule has 3 aromatic rings. The van der Waals surface area contributed by atoms with Gasteiger partial charge in [-0.3, -0.25) is 15.1 Å². The maximum absolute atomic E-state index is 12.6. The number of methoxy groups -OCH3 is 1. The van der Waals surface area contributed by atoms with Crippen LogP contribution in [0.3, 0.4) is 0 Å². The third kappa shape index (κ3) is 5.31. The molecule has 0 fully saturated rings.